The van der Waals surface area contributed by atoms with Gasteiger partial charge in [0.2, 0.25) is 5.91 Å². The smallest absolute Gasteiger partial charge is 0.260 e. The highest BCUT2D eigenvalue weighted by Crippen LogP contribution is 2.40. The molecule has 1 atom stereocenters. The van der Waals surface area contributed by atoms with Crippen molar-refractivity contribution in [3.05, 3.63) is 54.1 Å². The molecule has 0 spiro atoms. The van der Waals surface area contributed by atoms with E-state index in [2.05, 4.69) is 11.8 Å². The summed E-state index contributed by atoms with van der Waals surface area (Å²) in [5, 5.41) is 0. The van der Waals surface area contributed by atoms with Gasteiger partial charge < -0.3 is 9.80 Å². The van der Waals surface area contributed by atoms with Crippen molar-refractivity contribution < 1.29 is 9.59 Å². The first-order valence-corrected chi connectivity index (χ1v) is 10.7. The summed E-state index contributed by atoms with van der Waals surface area (Å²) < 4.78 is 0. The molecule has 5 heteroatoms. The topological polar surface area (TPSA) is 43.9 Å². The predicted molar refractivity (Wildman–Crippen MR) is 117 cm³/mol. The Morgan fingerprint density at radius 1 is 1.00 bits per heavy atom. The molecule has 2 aromatic carbocycles. The third kappa shape index (κ3) is 3.67. The Kier molecular flexibility index (Phi) is 5.67. The second kappa shape index (κ2) is 8.37. The van der Waals surface area contributed by atoms with Gasteiger partial charge in [0.1, 0.15) is 0 Å². The van der Waals surface area contributed by atoms with E-state index in [9.17, 15) is 9.59 Å². The molecule has 29 heavy (non-hydrogen) atoms. The van der Waals surface area contributed by atoms with Crippen molar-refractivity contribution in [3.8, 4) is 0 Å². The summed E-state index contributed by atoms with van der Waals surface area (Å²) in [7, 11) is 0. The lowest BCUT2D eigenvalue weighted by Gasteiger charge is -2.34. The molecule has 0 bridgehead atoms. The molecule has 0 N–H and O–H groups in total. The van der Waals surface area contributed by atoms with Crippen molar-refractivity contribution in [2.24, 2.45) is 0 Å². The predicted octanol–water partition coefficient (Wildman–Crippen LogP) is 4.60. The van der Waals surface area contributed by atoms with Gasteiger partial charge in [-0.3, -0.25) is 14.5 Å². The van der Waals surface area contributed by atoms with Crippen LogP contribution in [0, 0.1) is 0 Å². The SMILES string of the molecule is CCN1C(=O)c2ccccc2N(C(=O)CCN2CCCCC2C)c2ccccc21. The second-order valence-electron chi connectivity index (χ2n) is 7.92. The molecule has 2 aliphatic rings. The van der Waals surface area contributed by atoms with Gasteiger partial charge in [-0.2, -0.15) is 0 Å². The molecule has 0 saturated carbocycles. The van der Waals surface area contributed by atoms with Gasteiger partial charge in [-0.15, -0.1) is 0 Å². The number of fused-ring (bicyclic) bond motifs is 2. The lowest BCUT2D eigenvalue weighted by molar-refractivity contribution is -0.118. The maximum atomic E-state index is 13.5. The number of rotatable bonds is 4. The maximum absolute atomic E-state index is 13.5. The minimum atomic E-state index is -0.0597. The van der Waals surface area contributed by atoms with Crippen LogP contribution in [0.4, 0.5) is 17.1 Å². The van der Waals surface area contributed by atoms with Crippen LogP contribution in [0.2, 0.25) is 0 Å². The van der Waals surface area contributed by atoms with Crippen molar-refractivity contribution in [2.75, 3.05) is 29.4 Å². The van der Waals surface area contributed by atoms with E-state index in [-0.39, 0.29) is 11.8 Å². The first-order chi connectivity index (χ1) is 14.1. The largest absolute Gasteiger partial charge is 0.307 e. The molecular weight excluding hydrogens is 362 g/mol. The third-order valence-electron chi connectivity index (χ3n) is 6.15. The number of amides is 2. The zero-order chi connectivity index (χ0) is 20.4. The van der Waals surface area contributed by atoms with Crippen molar-refractivity contribution in [3.63, 3.8) is 0 Å². The zero-order valence-corrected chi connectivity index (χ0v) is 17.3. The highest BCUT2D eigenvalue weighted by Gasteiger charge is 2.33. The van der Waals surface area contributed by atoms with Crippen LogP contribution in [-0.4, -0.2) is 42.4 Å². The molecule has 2 aromatic rings. The fraction of sp³-hybridized carbons (Fsp3) is 0.417. The van der Waals surface area contributed by atoms with Crippen LogP contribution in [0.5, 0.6) is 0 Å². The standard InChI is InChI=1S/C24H29N3O2/c1-3-26-21-13-6-7-14-22(21)27(20-12-5-4-11-19(20)24(26)29)23(28)15-17-25-16-9-8-10-18(25)2/h4-7,11-14,18H,3,8-10,15-17H2,1-2H3. The number of nitrogens with zero attached hydrogens (tertiary/aromatic N) is 3. The van der Waals surface area contributed by atoms with Gasteiger partial charge in [-0.25, -0.2) is 0 Å². The first kappa shape index (κ1) is 19.6. The van der Waals surface area contributed by atoms with Crippen LogP contribution in [0.25, 0.3) is 0 Å². The molecule has 0 aromatic heterocycles. The Morgan fingerprint density at radius 2 is 1.69 bits per heavy atom. The average molecular weight is 392 g/mol. The minimum Gasteiger partial charge on any atom is -0.307 e. The molecule has 5 nitrogen and oxygen atoms in total. The Labute approximate surface area is 172 Å². The van der Waals surface area contributed by atoms with E-state index in [0.717, 1.165) is 24.5 Å². The molecule has 4 rings (SSSR count). The van der Waals surface area contributed by atoms with Gasteiger partial charge >= 0.3 is 0 Å². The van der Waals surface area contributed by atoms with Gasteiger partial charge in [0.05, 0.1) is 22.6 Å². The van der Waals surface area contributed by atoms with Crippen molar-refractivity contribution >= 4 is 28.9 Å². The number of likely N-dealkylation sites (tertiary alicyclic amines) is 1. The Bertz CT molecular complexity index is 911. The summed E-state index contributed by atoms with van der Waals surface area (Å²) in [5.41, 5.74) is 2.82. The van der Waals surface area contributed by atoms with E-state index < -0.39 is 0 Å². The minimum absolute atomic E-state index is 0.0356. The number of anilines is 3. The Morgan fingerprint density at radius 3 is 2.41 bits per heavy atom. The molecule has 2 heterocycles. The number of carbonyl (C=O) groups is 2. The van der Waals surface area contributed by atoms with Crippen molar-refractivity contribution in [1.82, 2.24) is 4.90 Å². The van der Waals surface area contributed by atoms with E-state index in [1.165, 1.54) is 19.3 Å². The van der Waals surface area contributed by atoms with Crippen LogP contribution >= 0.6 is 0 Å². The average Bonchev–Trinajstić information content (AvgIpc) is 2.85. The van der Waals surface area contributed by atoms with E-state index in [1.807, 2.05) is 55.5 Å². The number of hydrogen-bond acceptors (Lipinski definition) is 3. The fourth-order valence-corrected chi connectivity index (χ4v) is 4.54. The second-order valence-corrected chi connectivity index (χ2v) is 7.92. The van der Waals surface area contributed by atoms with Crippen molar-refractivity contribution in [2.45, 2.75) is 45.6 Å². The molecule has 152 valence electrons. The van der Waals surface area contributed by atoms with Crippen molar-refractivity contribution in [1.29, 1.82) is 0 Å². The lowest BCUT2D eigenvalue weighted by Crippen LogP contribution is -2.40. The van der Waals surface area contributed by atoms with Gasteiger partial charge in [0.25, 0.3) is 5.91 Å². The van der Waals surface area contributed by atoms with Crippen LogP contribution in [0.15, 0.2) is 48.5 Å². The van der Waals surface area contributed by atoms with Crippen LogP contribution in [0.3, 0.4) is 0 Å². The summed E-state index contributed by atoms with van der Waals surface area (Å²) in [6.07, 6.45) is 4.11. The molecule has 1 unspecified atom stereocenters. The molecule has 1 fully saturated rings. The normalized spacial score (nSPS) is 19.5. The molecule has 2 aliphatic heterocycles. The monoisotopic (exact) mass is 391 g/mol. The summed E-state index contributed by atoms with van der Waals surface area (Å²) >= 11 is 0. The van der Waals surface area contributed by atoms with E-state index in [4.69, 9.17) is 0 Å². The van der Waals surface area contributed by atoms with E-state index >= 15 is 0 Å². The first-order valence-electron chi connectivity index (χ1n) is 10.7. The van der Waals surface area contributed by atoms with Gasteiger partial charge in [-0.05, 0) is 57.5 Å². The maximum Gasteiger partial charge on any atom is 0.260 e. The van der Waals surface area contributed by atoms with Crippen LogP contribution in [-0.2, 0) is 4.79 Å². The van der Waals surface area contributed by atoms with E-state index in [0.29, 0.717) is 30.3 Å². The number of benzene rings is 2. The quantitative estimate of drug-likeness (QED) is 0.765. The highest BCUT2D eigenvalue weighted by atomic mass is 16.2. The zero-order valence-electron chi connectivity index (χ0n) is 17.3. The third-order valence-corrected chi connectivity index (χ3v) is 6.15. The molecule has 1 saturated heterocycles. The summed E-state index contributed by atoms with van der Waals surface area (Å²) in [6, 6.07) is 15.7. The van der Waals surface area contributed by atoms with Crippen LogP contribution in [0.1, 0.15) is 49.9 Å². The number of para-hydroxylation sites is 3. The molecule has 0 aliphatic carbocycles. The molecule has 0 radical (unpaired) electrons. The summed E-state index contributed by atoms with van der Waals surface area (Å²) in [5.74, 6) is -0.0241. The Hall–Kier alpha value is -2.66. The summed E-state index contributed by atoms with van der Waals surface area (Å²) in [4.78, 5) is 32.7. The Balaban J connectivity index is 1.71. The lowest BCUT2D eigenvalue weighted by atomic mass is 10.0. The number of hydrogen-bond donors (Lipinski definition) is 0. The van der Waals surface area contributed by atoms with Crippen LogP contribution < -0.4 is 9.80 Å². The highest BCUT2D eigenvalue weighted by molar-refractivity contribution is 6.18. The fourth-order valence-electron chi connectivity index (χ4n) is 4.54. The van der Waals surface area contributed by atoms with E-state index in [1.54, 1.807) is 9.80 Å². The van der Waals surface area contributed by atoms with Gasteiger partial charge in [0.15, 0.2) is 0 Å². The molecule has 2 amide bonds. The van der Waals surface area contributed by atoms with Gasteiger partial charge in [-0.1, -0.05) is 30.7 Å². The number of piperidine rings is 1. The molecular formula is C24H29N3O2. The van der Waals surface area contributed by atoms with Gasteiger partial charge in [0, 0.05) is 25.6 Å². The summed E-state index contributed by atoms with van der Waals surface area (Å²) in [6.45, 7) is 6.58. The number of carbonyl (C=O) groups excluding carboxylic acids is 2.